The molecule has 1 rings (SSSR count). The van der Waals surface area contributed by atoms with Gasteiger partial charge < -0.3 is 11.1 Å². The number of benzene rings is 1. The predicted molar refractivity (Wildman–Crippen MR) is 52.0 cm³/mol. The van der Waals surface area contributed by atoms with E-state index >= 15 is 0 Å². The minimum absolute atomic E-state index is 0.0110. The molecule has 0 heterocycles. The second-order valence-corrected chi connectivity index (χ2v) is 3.12. The second-order valence-electron chi connectivity index (χ2n) is 3.12. The molecule has 0 aliphatic carbocycles. The molecule has 0 bridgehead atoms. The van der Waals surface area contributed by atoms with Crippen LogP contribution in [0.5, 0.6) is 0 Å². The Labute approximate surface area is 82.1 Å². The third kappa shape index (κ3) is 3.14. The molecule has 1 atom stereocenters. The normalized spacial score (nSPS) is 12.4. The lowest BCUT2D eigenvalue weighted by atomic mass is 10.1. The molecule has 3 nitrogen and oxygen atoms in total. The monoisotopic (exact) mass is 196 g/mol. The van der Waals surface area contributed by atoms with Crippen molar-refractivity contribution in [1.82, 2.24) is 5.32 Å². The van der Waals surface area contributed by atoms with Gasteiger partial charge in [0.05, 0.1) is 6.54 Å². The van der Waals surface area contributed by atoms with Crippen LogP contribution in [-0.2, 0) is 4.79 Å². The van der Waals surface area contributed by atoms with Crippen LogP contribution in [0.3, 0.4) is 0 Å². The quantitative estimate of drug-likeness (QED) is 0.753. The number of primary amides is 1. The van der Waals surface area contributed by atoms with Gasteiger partial charge in [-0.05, 0) is 24.6 Å². The Morgan fingerprint density at radius 1 is 1.50 bits per heavy atom. The third-order valence-electron chi connectivity index (χ3n) is 1.95. The van der Waals surface area contributed by atoms with Gasteiger partial charge in [-0.25, -0.2) is 4.39 Å². The number of amides is 1. The van der Waals surface area contributed by atoms with Gasteiger partial charge in [0.25, 0.3) is 0 Å². The molecule has 1 amide bonds. The Bertz CT molecular complexity index is 310. The van der Waals surface area contributed by atoms with Crippen molar-refractivity contribution < 1.29 is 9.18 Å². The summed E-state index contributed by atoms with van der Waals surface area (Å²) in [5.41, 5.74) is 5.91. The van der Waals surface area contributed by atoms with E-state index in [1.54, 1.807) is 12.1 Å². The molecule has 76 valence electrons. The second kappa shape index (κ2) is 4.72. The summed E-state index contributed by atoms with van der Waals surface area (Å²) in [7, 11) is 0. The number of halogens is 1. The minimum atomic E-state index is -0.404. The highest BCUT2D eigenvalue weighted by atomic mass is 19.1. The van der Waals surface area contributed by atoms with Crippen LogP contribution >= 0.6 is 0 Å². The highest BCUT2D eigenvalue weighted by molar-refractivity contribution is 5.75. The van der Waals surface area contributed by atoms with E-state index in [2.05, 4.69) is 5.32 Å². The fraction of sp³-hybridized carbons (Fsp3) is 0.300. The number of carbonyl (C=O) groups is 1. The number of hydrogen-bond donors (Lipinski definition) is 2. The maximum absolute atomic E-state index is 12.6. The number of nitrogens with one attached hydrogen (secondary N) is 1. The van der Waals surface area contributed by atoms with E-state index in [1.165, 1.54) is 12.1 Å². The predicted octanol–water partition coefficient (Wildman–Crippen LogP) is 0.962. The van der Waals surface area contributed by atoms with Gasteiger partial charge in [0.1, 0.15) is 5.82 Å². The summed E-state index contributed by atoms with van der Waals surface area (Å²) < 4.78 is 12.6. The third-order valence-corrected chi connectivity index (χ3v) is 1.95. The van der Waals surface area contributed by atoms with Gasteiger partial charge >= 0.3 is 0 Å². The zero-order valence-corrected chi connectivity index (χ0v) is 7.96. The Morgan fingerprint density at radius 3 is 2.57 bits per heavy atom. The Balaban J connectivity index is 2.56. The molecule has 0 radical (unpaired) electrons. The first kappa shape index (κ1) is 10.7. The van der Waals surface area contributed by atoms with E-state index in [4.69, 9.17) is 5.73 Å². The lowest BCUT2D eigenvalue weighted by Gasteiger charge is -2.12. The SMILES string of the molecule is C[C@@H](NCC(N)=O)c1ccc(F)cc1. The van der Waals surface area contributed by atoms with Crippen molar-refractivity contribution in [2.75, 3.05) is 6.54 Å². The van der Waals surface area contributed by atoms with Crippen molar-refractivity contribution in [2.45, 2.75) is 13.0 Å². The highest BCUT2D eigenvalue weighted by Crippen LogP contribution is 2.11. The molecular weight excluding hydrogens is 183 g/mol. The summed E-state index contributed by atoms with van der Waals surface area (Å²) in [6, 6.07) is 6.11. The van der Waals surface area contributed by atoms with Crippen molar-refractivity contribution in [3.05, 3.63) is 35.6 Å². The Hall–Kier alpha value is -1.42. The summed E-state index contributed by atoms with van der Waals surface area (Å²) in [6.07, 6.45) is 0. The van der Waals surface area contributed by atoms with Crippen LogP contribution in [-0.4, -0.2) is 12.5 Å². The van der Waals surface area contributed by atoms with E-state index in [0.717, 1.165) is 5.56 Å². The number of nitrogens with two attached hydrogens (primary N) is 1. The summed E-state index contributed by atoms with van der Waals surface area (Å²) in [5.74, 6) is -0.671. The van der Waals surface area contributed by atoms with Crippen LogP contribution < -0.4 is 11.1 Å². The van der Waals surface area contributed by atoms with Crippen LogP contribution in [0.2, 0.25) is 0 Å². The molecule has 0 saturated carbocycles. The minimum Gasteiger partial charge on any atom is -0.369 e. The molecule has 0 fully saturated rings. The molecule has 3 N–H and O–H groups in total. The van der Waals surface area contributed by atoms with Crippen LogP contribution in [0.1, 0.15) is 18.5 Å². The molecule has 0 saturated heterocycles. The van der Waals surface area contributed by atoms with Gasteiger partial charge in [0, 0.05) is 6.04 Å². The fourth-order valence-electron chi connectivity index (χ4n) is 1.12. The molecule has 14 heavy (non-hydrogen) atoms. The number of carbonyl (C=O) groups excluding carboxylic acids is 1. The first-order valence-corrected chi connectivity index (χ1v) is 4.36. The topological polar surface area (TPSA) is 55.1 Å². The molecular formula is C10H13FN2O. The van der Waals surface area contributed by atoms with E-state index in [9.17, 15) is 9.18 Å². The van der Waals surface area contributed by atoms with Gasteiger partial charge in [-0.3, -0.25) is 4.79 Å². The van der Waals surface area contributed by atoms with Crippen molar-refractivity contribution in [3.63, 3.8) is 0 Å². The molecule has 0 aliphatic heterocycles. The molecule has 1 aromatic rings. The van der Waals surface area contributed by atoms with E-state index < -0.39 is 5.91 Å². The van der Waals surface area contributed by atoms with E-state index in [0.29, 0.717) is 0 Å². The van der Waals surface area contributed by atoms with E-state index in [1.807, 2.05) is 6.92 Å². The number of hydrogen-bond acceptors (Lipinski definition) is 2. The lowest BCUT2D eigenvalue weighted by molar-refractivity contribution is -0.117. The average molecular weight is 196 g/mol. The van der Waals surface area contributed by atoms with Gasteiger partial charge in [0.2, 0.25) is 5.91 Å². The van der Waals surface area contributed by atoms with Crippen LogP contribution in [0.25, 0.3) is 0 Å². The summed E-state index contributed by atoms with van der Waals surface area (Å²) in [4.78, 5) is 10.5. The van der Waals surface area contributed by atoms with Crippen LogP contribution in [0.15, 0.2) is 24.3 Å². The smallest absolute Gasteiger partial charge is 0.231 e. The van der Waals surface area contributed by atoms with E-state index in [-0.39, 0.29) is 18.4 Å². The molecule has 0 aliphatic rings. The fourth-order valence-corrected chi connectivity index (χ4v) is 1.12. The van der Waals surface area contributed by atoms with Crippen LogP contribution in [0.4, 0.5) is 4.39 Å². The zero-order chi connectivity index (χ0) is 10.6. The first-order chi connectivity index (χ1) is 6.59. The average Bonchev–Trinajstić information content (AvgIpc) is 2.15. The summed E-state index contributed by atoms with van der Waals surface area (Å²) in [5, 5.41) is 2.92. The van der Waals surface area contributed by atoms with Crippen molar-refractivity contribution in [2.24, 2.45) is 5.73 Å². The van der Waals surface area contributed by atoms with Crippen molar-refractivity contribution >= 4 is 5.91 Å². The molecule has 4 heteroatoms. The largest absolute Gasteiger partial charge is 0.369 e. The van der Waals surface area contributed by atoms with Gasteiger partial charge in [-0.1, -0.05) is 12.1 Å². The molecule has 1 aromatic carbocycles. The zero-order valence-electron chi connectivity index (χ0n) is 7.96. The highest BCUT2D eigenvalue weighted by Gasteiger charge is 2.05. The maximum Gasteiger partial charge on any atom is 0.231 e. The van der Waals surface area contributed by atoms with Gasteiger partial charge in [-0.15, -0.1) is 0 Å². The lowest BCUT2D eigenvalue weighted by Crippen LogP contribution is -2.30. The first-order valence-electron chi connectivity index (χ1n) is 4.36. The maximum atomic E-state index is 12.6. The van der Waals surface area contributed by atoms with Gasteiger partial charge in [-0.2, -0.15) is 0 Å². The summed E-state index contributed by atoms with van der Waals surface area (Å²) in [6.45, 7) is 2.01. The molecule has 0 aromatic heterocycles. The molecule has 0 unspecified atom stereocenters. The number of rotatable bonds is 4. The van der Waals surface area contributed by atoms with Crippen molar-refractivity contribution in [1.29, 1.82) is 0 Å². The summed E-state index contributed by atoms with van der Waals surface area (Å²) >= 11 is 0. The Kier molecular flexibility index (Phi) is 3.59. The van der Waals surface area contributed by atoms with Crippen molar-refractivity contribution in [3.8, 4) is 0 Å². The standard InChI is InChI=1S/C10H13FN2O/c1-7(13-6-10(12)14)8-2-4-9(11)5-3-8/h2-5,7,13H,6H2,1H3,(H2,12,14)/t7-/m1/s1. The van der Waals surface area contributed by atoms with Crippen LogP contribution in [0, 0.1) is 5.82 Å². The molecule has 0 spiro atoms. The Morgan fingerprint density at radius 2 is 2.07 bits per heavy atom. The van der Waals surface area contributed by atoms with Gasteiger partial charge in [0.15, 0.2) is 0 Å².